The summed E-state index contributed by atoms with van der Waals surface area (Å²) < 4.78 is 10.8. The van der Waals surface area contributed by atoms with E-state index in [0.717, 1.165) is 23.4 Å². The van der Waals surface area contributed by atoms with Gasteiger partial charge in [-0.3, -0.25) is 9.59 Å². The van der Waals surface area contributed by atoms with E-state index in [0.29, 0.717) is 23.7 Å². The third kappa shape index (κ3) is 3.30. The number of nitrogens with zero attached hydrogens (tertiary/aromatic N) is 2. The molecule has 1 aromatic carbocycles. The maximum absolute atomic E-state index is 12.8. The molecular weight excluding hydrogens is 396 g/mol. The number of carbonyl (C=O) groups is 3. The molecule has 0 N–H and O–H groups in total. The minimum absolute atomic E-state index is 0.138. The van der Waals surface area contributed by atoms with Gasteiger partial charge in [0.2, 0.25) is 0 Å². The predicted molar refractivity (Wildman–Crippen MR) is 112 cm³/mol. The van der Waals surface area contributed by atoms with Gasteiger partial charge in [0.25, 0.3) is 11.8 Å². The number of ether oxygens (including phenoxy) is 1. The maximum Gasteiger partial charge on any atom is 0.338 e. The lowest BCUT2D eigenvalue weighted by atomic mass is 9.63. The lowest BCUT2D eigenvalue weighted by Crippen LogP contribution is -2.38. The van der Waals surface area contributed by atoms with Gasteiger partial charge in [-0.1, -0.05) is 24.3 Å². The first-order valence-electron chi connectivity index (χ1n) is 10.5. The normalized spacial score (nSPS) is 26.7. The fourth-order valence-corrected chi connectivity index (χ4v) is 4.85. The SMILES string of the molecule is CCOC(=O)c1ccc(-c2ccc(/C=N\N3C(=O)[C@@H]4[C@@H](C3=O)[C@H]3C=C[C@@H]4CC3)o2)cc1. The number of fused-ring (bicyclic) bond motifs is 1. The maximum atomic E-state index is 12.8. The summed E-state index contributed by atoms with van der Waals surface area (Å²) in [6, 6.07) is 10.4. The highest BCUT2D eigenvalue weighted by Gasteiger charge is 2.56. The molecule has 4 aliphatic rings. The van der Waals surface area contributed by atoms with E-state index in [1.54, 1.807) is 43.3 Å². The molecule has 2 heterocycles. The molecule has 0 unspecified atom stereocenters. The zero-order chi connectivity index (χ0) is 21.5. The van der Waals surface area contributed by atoms with Crippen LogP contribution in [0.15, 0.2) is 58.1 Å². The van der Waals surface area contributed by atoms with Crippen molar-refractivity contribution in [3.8, 4) is 11.3 Å². The highest BCUT2D eigenvalue weighted by Crippen LogP contribution is 2.49. The topological polar surface area (TPSA) is 89.2 Å². The van der Waals surface area contributed by atoms with Crippen molar-refractivity contribution in [1.82, 2.24) is 5.01 Å². The standard InChI is InChI=1S/C24H22N2O5/c1-2-30-24(29)17-9-3-14(4-10-17)19-12-11-18(31-19)13-25-26-22(27)20-15-5-6-16(8-7-15)21(20)23(26)28/h3-6,9-13,15-16,20-21H,2,7-8H2,1H3/b25-13-/t15-,16+,20-,21-/m0/s1. The Labute approximate surface area is 179 Å². The Morgan fingerprint density at radius 2 is 1.71 bits per heavy atom. The summed E-state index contributed by atoms with van der Waals surface area (Å²) >= 11 is 0. The molecule has 0 radical (unpaired) electrons. The Morgan fingerprint density at radius 1 is 1.06 bits per heavy atom. The van der Waals surface area contributed by atoms with Gasteiger partial charge in [0.1, 0.15) is 11.5 Å². The van der Waals surface area contributed by atoms with E-state index in [-0.39, 0.29) is 41.5 Å². The van der Waals surface area contributed by atoms with Crippen molar-refractivity contribution in [3.05, 3.63) is 59.9 Å². The van der Waals surface area contributed by atoms with Crippen LogP contribution in [-0.4, -0.2) is 35.6 Å². The third-order valence-corrected chi connectivity index (χ3v) is 6.34. The van der Waals surface area contributed by atoms with Crippen molar-refractivity contribution < 1.29 is 23.5 Å². The van der Waals surface area contributed by atoms with Crippen molar-refractivity contribution in [2.45, 2.75) is 19.8 Å². The molecular formula is C24H22N2O5. The number of imide groups is 1. The van der Waals surface area contributed by atoms with Gasteiger partial charge in [-0.05, 0) is 55.9 Å². The number of rotatable bonds is 5. The van der Waals surface area contributed by atoms with Crippen molar-refractivity contribution >= 4 is 24.0 Å². The number of hydrogen-bond acceptors (Lipinski definition) is 6. The van der Waals surface area contributed by atoms with Crippen LogP contribution < -0.4 is 0 Å². The van der Waals surface area contributed by atoms with Crippen LogP contribution in [0.5, 0.6) is 0 Å². The quantitative estimate of drug-likeness (QED) is 0.320. The molecule has 7 nitrogen and oxygen atoms in total. The molecule has 158 valence electrons. The van der Waals surface area contributed by atoms with Crippen molar-refractivity contribution in [1.29, 1.82) is 0 Å². The average molecular weight is 418 g/mol. The molecule has 1 aliphatic heterocycles. The first-order chi connectivity index (χ1) is 15.1. The monoisotopic (exact) mass is 418 g/mol. The van der Waals surface area contributed by atoms with E-state index in [4.69, 9.17) is 9.15 Å². The zero-order valence-corrected chi connectivity index (χ0v) is 17.1. The molecule has 1 saturated heterocycles. The molecule has 2 bridgehead atoms. The average Bonchev–Trinajstić information content (AvgIpc) is 3.38. The molecule has 31 heavy (non-hydrogen) atoms. The predicted octanol–water partition coefficient (Wildman–Crippen LogP) is 3.65. The van der Waals surface area contributed by atoms with E-state index in [1.165, 1.54) is 6.21 Å². The van der Waals surface area contributed by atoms with E-state index in [2.05, 4.69) is 17.3 Å². The second kappa shape index (κ2) is 7.65. The number of hydrazone groups is 1. The van der Waals surface area contributed by atoms with Gasteiger partial charge < -0.3 is 9.15 Å². The number of furan rings is 1. The summed E-state index contributed by atoms with van der Waals surface area (Å²) in [5, 5.41) is 5.19. The van der Waals surface area contributed by atoms with E-state index < -0.39 is 0 Å². The van der Waals surface area contributed by atoms with Crippen molar-refractivity contribution in [3.63, 3.8) is 0 Å². The van der Waals surface area contributed by atoms with E-state index in [9.17, 15) is 14.4 Å². The Balaban J connectivity index is 1.30. The summed E-state index contributed by atoms with van der Waals surface area (Å²) in [6.07, 6.45) is 7.48. The molecule has 2 amide bonds. The van der Waals surface area contributed by atoms with Crippen LogP contribution in [0.25, 0.3) is 11.3 Å². The zero-order valence-electron chi connectivity index (χ0n) is 17.1. The largest absolute Gasteiger partial charge is 0.462 e. The van der Waals surface area contributed by atoms with Gasteiger partial charge in [-0.15, -0.1) is 0 Å². The van der Waals surface area contributed by atoms with Crippen molar-refractivity contribution in [2.75, 3.05) is 6.61 Å². The smallest absolute Gasteiger partial charge is 0.338 e. The summed E-state index contributed by atoms with van der Waals surface area (Å²) in [4.78, 5) is 37.4. The number of hydrogen-bond donors (Lipinski definition) is 0. The van der Waals surface area contributed by atoms with Crippen molar-refractivity contribution in [2.24, 2.45) is 28.8 Å². The van der Waals surface area contributed by atoms with Crippen LogP contribution in [0.4, 0.5) is 0 Å². The second-order valence-corrected chi connectivity index (χ2v) is 8.07. The first kappa shape index (κ1) is 19.5. The molecule has 1 aromatic heterocycles. The Morgan fingerprint density at radius 3 is 2.29 bits per heavy atom. The minimum Gasteiger partial charge on any atom is -0.462 e. The molecule has 6 rings (SSSR count). The van der Waals surface area contributed by atoms with Crippen LogP contribution in [0.3, 0.4) is 0 Å². The van der Waals surface area contributed by atoms with E-state index in [1.807, 2.05) is 0 Å². The Kier molecular flexibility index (Phi) is 4.81. The van der Waals surface area contributed by atoms with E-state index >= 15 is 0 Å². The van der Waals surface area contributed by atoms with Gasteiger partial charge in [-0.2, -0.15) is 10.1 Å². The number of amides is 2. The lowest BCUT2D eigenvalue weighted by molar-refractivity contribution is -0.140. The highest BCUT2D eigenvalue weighted by molar-refractivity contribution is 6.06. The van der Waals surface area contributed by atoms with Crippen LogP contribution in [0.1, 0.15) is 35.9 Å². The van der Waals surface area contributed by atoms with Crippen LogP contribution in [-0.2, 0) is 14.3 Å². The molecule has 2 fully saturated rings. The fourth-order valence-electron chi connectivity index (χ4n) is 4.85. The molecule has 3 aliphatic carbocycles. The lowest BCUT2D eigenvalue weighted by Gasteiger charge is -2.37. The number of carbonyl (C=O) groups excluding carboxylic acids is 3. The Bertz CT molecular complexity index is 1070. The first-order valence-corrected chi connectivity index (χ1v) is 10.5. The fraction of sp³-hybridized carbons (Fsp3) is 0.333. The van der Waals surface area contributed by atoms with Crippen LogP contribution >= 0.6 is 0 Å². The van der Waals surface area contributed by atoms with Gasteiger partial charge >= 0.3 is 5.97 Å². The molecule has 1 saturated carbocycles. The van der Waals surface area contributed by atoms with Crippen LogP contribution in [0.2, 0.25) is 0 Å². The number of benzene rings is 1. The van der Waals surface area contributed by atoms with Gasteiger partial charge in [0.05, 0.1) is 30.2 Å². The summed E-state index contributed by atoms with van der Waals surface area (Å²) in [5.41, 5.74) is 1.25. The molecule has 2 aromatic rings. The van der Waals surface area contributed by atoms with Gasteiger partial charge in [-0.25, -0.2) is 4.79 Å². The Hall–Kier alpha value is -3.48. The van der Waals surface area contributed by atoms with Gasteiger partial charge in [0.15, 0.2) is 0 Å². The summed E-state index contributed by atoms with van der Waals surface area (Å²) in [5.74, 6) is -0.0625. The third-order valence-electron chi connectivity index (χ3n) is 6.34. The van der Waals surface area contributed by atoms with Crippen LogP contribution in [0, 0.1) is 23.7 Å². The molecule has 4 atom stereocenters. The van der Waals surface area contributed by atoms with Gasteiger partial charge in [0, 0.05) is 5.56 Å². The molecule has 0 spiro atoms. The highest BCUT2D eigenvalue weighted by atomic mass is 16.5. The minimum atomic E-state index is -0.370. The number of esters is 1. The summed E-state index contributed by atoms with van der Waals surface area (Å²) in [7, 11) is 0. The summed E-state index contributed by atoms with van der Waals surface area (Å²) in [6.45, 7) is 2.08. The molecule has 7 heteroatoms. The second-order valence-electron chi connectivity index (χ2n) is 8.07. The number of allylic oxidation sites excluding steroid dienone is 2.